The summed E-state index contributed by atoms with van der Waals surface area (Å²) in [7, 11) is 3.11. The van der Waals surface area contributed by atoms with E-state index in [1.165, 1.54) is 6.07 Å². The Hall–Kier alpha value is -5.23. The standard InChI is InChI=1S/C29H24N2O7/c1-17-5-4-6-22(26(17)33)29(34)37-16-24(32)31-28-23(15-30)25(18-7-11-20(35-2)12-8-18)27(38-28)19-9-13-21(36-3)14-10-19/h4-14,33H,16H2,1-3H3,(H,31,32). The molecule has 4 rings (SSSR count). The first-order valence-corrected chi connectivity index (χ1v) is 11.5. The summed E-state index contributed by atoms with van der Waals surface area (Å²) in [5.41, 5.74) is 2.32. The highest BCUT2D eigenvalue weighted by Crippen LogP contribution is 2.42. The van der Waals surface area contributed by atoms with Crippen molar-refractivity contribution in [2.24, 2.45) is 0 Å². The van der Waals surface area contributed by atoms with Crippen molar-refractivity contribution in [1.29, 1.82) is 5.26 Å². The molecule has 0 atom stereocenters. The van der Waals surface area contributed by atoms with Crippen molar-refractivity contribution in [3.63, 3.8) is 0 Å². The van der Waals surface area contributed by atoms with E-state index in [9.17, 15) is 20.0 Å². The van der Waals surface area contributed by atoms with Gasteiger partial charge in [0.05, 0.1) is 14.2 Å². The minimum absolute atomic E-state index is 0.0582. The summed E-state index contributed by atoms with van der Waals surface area (Å²) in [6.45, 7) is 0.980. The van der Waals surface area contributed by atoms with E-state index in [0.717, 1.165) is 0 Å². The van der Waals surface area contributed by atoms with Crippen LogP contribution in [0.2, 0.25) is 0 Å². The van der Waals surface area contributed by atoms with E-state index in [4.69, 9.17) is 18.6 Å². The zero-order valence-electron chi connectivity index (χ0n) is 20.9. The van der Waals surface area contributed by atoms with Gasteiger partial charge in [0.2, 0.25) is 5.88 Å². The Morgan fingerprint density at radius 2 is 1.55 bits per heavy atom. The van der Waals surface area contributed by atoms with Crippen LogP contribution < -0.4 is 14.8 Å². The van der Waals surface area contributed by atoms with Crippen molar-refractivity contribution >= 4 is 17.8 Å². The molecule has 3 aromatic carbocycles. The van der Waals surface area contributed by atoms with Crippen molar-refractivity contribution in [3.05, 3.63) is 83.4 Å². The number of phenols is 1. The Kier molecular flexibility index (Phi) is 7.63. The van der Waals surface area contributed by atoms with Crippen molar-refractivity contribution in [2.75, 3.05) is 26.1 Å². The van der Waals surface area contributed by atoms with E-state index in [2.05, 4.69) is 11.4 Å². The van der Waals surface area contributed by atoms with Crippen LogP contribution in [0.25, 0.3) is 22.5 Å². The summed E-state index contributed by atoms with van der Waals surface area (Å²) in [6, 6.07) is 20.8. The molecule has 2 N–H and O–H groups in total. The average molecular weight is 513 g/mol. The number of benzene rings is 3. The second-order valence-electron chi connectivity index (χ2n) is 8.17. The topological polar surface area (TPSA) is 131 Å². The summed E-state index contributed by atoms with van der Waals surface area (Å²) in [4.78, 5) is 25.0. The van der Waals surface area contributed by atoms with Gasteiger partial charge < -0.3 is 23.7 Å². The number of nitrogens with zero attached hydrogens (tertiary/aromatic N) is 1. The number of amides is 1. The Bertz CT molecular complexity index is 1510. The van der Waals surface area contributed by atoms with Gasteiger partial charge in [0, 0.05) is 11.1 Å². The molecule has 9 nitrogen and oxygen atoms in total. The Balaban J connectivity index is 1.64. The molecule has 192 valence electrons. The first-order chi connectivity index (χ1) is 18.4. The van der Waals surface area contributed by atoms with Gasteiger partial charge in [-0.05, 0) is 60.5 Å². The normalized spacial score (nSPS) is 10.4. The second kappa shape index (κ2) is 11.2. The molecule has 0 saturated carbocycles. The Morgan fingerprint density at radius 3 is 2.13 bits per heavy atom. The lowest BCUT2D eigenvalue weighted by molar-refractivity contribution is -0.119. The van der Waals surface area contributed by atoms with E-state index in [-0.39, 0.29) is 22.8 Å². The lowest BCUT2D eigenvalue weighted by atomic mass is 9.98. The van der Waals surface area contributed by atoms with Crippen LogP contribution in [0.1, 0.15) is 21.5 Å². The van der Waals surface area contributed by atoms with Gasteiger partial charge in [-0.1, -0.05) is 24.3 Å². The molecular weight excluding hydrogens is 488 g/mol. The third kappa shape index (κ3) is 5.29. The summed E-state index contributed by atoms with van der Waals surface area (Å²) >= 11 is 0. The van der Waals surface area contributed by atoms with E-state index >= 15 is 0 Å². The van der Waals surface area contributed by atoms with E-state index in [0.29, 0.717) is 39.5 Å². The SMILES string of the molecule is COc1ccc(-c2oc(NC(=O)COC(=O)c3cccc(C)c3O)c(C#N)c2-c2ccc(OC)cc2)cc1. The van der Waals surface area contributed by atoms with Crippen LogP contribution >= 0.6 is 0 Å². The van der Waals surface area contributed by atoms with Crippen molar-refractivity contribution < 1.29 is 33.3 Å². The summed E-state index contributed by atoms with van der Waals surface area (Å²) < 4.78 is 21.5. The van der Waals surface area contributed by atoms with Gasteiger partial charge >= 0.3 is 5.97 Å². The molecule has 1 heterocycles. The van der Waals surface area contributed by atoms with Crippen molar-refractivity contribution in [2.45, 2.75) is 6.92 Å². The van der Waals surface area contributed by atoms with Crippen molar-refractivity contribution in [3.8, 4) is 45.8 Å². The third-order valence-electron chi connectivity index (χ3n) is 5.80. The monoisotopic (exact) mass is 512 g/mol. The molecule has 0 spiro atoms. The molecule has 9 heteroatoms. The minimum Gasteiger partial charge on any atom is -0.507 e. The maximum atomic E-state index is 12.7. The third-order valence-corrected chi connectivity index (χ3v) is 5.80. The predicted octanol–water partition coefficient (Wildman–Crippen LogP) is 5.31. The molecule has 0 aliphatic heterocycles. The molecule has 0 radical (unpaired) electrons. The van der Waals surface area contributed by atoms with Crippen LogP contribution in [0.15, 0.2) is 71.1 Å². The van der Waals surface area contributed by atoms with Gasteiger partial charge in [-0.15, -0.1) is 0 Å². The number of para-hydroxylation sites is 1. The van der Waals surface area contributed by atoms with Gasteiger partial charge in [0.15, 0.2) is 6.61 Å². The Morgan fingerprint density at radius 1 is 0.947 bits per heavy atom. The number of furan rings is 1. The predicted molar refractivity (Wildman–Crippen MR) is 139 cm³/mol. The van der Waals surface area contributed by atoms with Crippen LogP contribution in [0.5, 0.6) is 17.2 Å². The lowest BCUT2D eigenvalue weighted by Crippen LogP contribution is -2.21. The summed E-state index contributed by atoms with van der Waals surface area (Å²) in [5, 5.41) is 22.6. The van der Waals surface area contributed by atoms with Crippen LogP contribution in [-0.4, -0.2) is 37.8 Å². The Labute approximate surface area is 218 Å². The number of rotatable bonds is 8. The van der Waals surface area contributed by atoms with Gasteiger partial charge in [0.1, 0.15) is 40.2 Å². The first kappa shape index (κ1) is 25.9. The largest absolute Gasteiger partial charge is 0.507 e. The maximum absolute atomic E-state index is 12.7. The number of anilines is 1. The summed E-state index contributed by atoms with van der Waals surface area (Å²) in [5.74, 6) is -0.269. The van der Waals surface area contributed by atoms with Crippen LogP contribution in [-0.2, 0) is 9.53 Å². The molecule has 1 aromatic heterocycles. The molecule has 1 amide bonds. The number of hydrogen-bond acceptors (Lipinski definition) is 8. The minimum atomic E-state index is -0.862. The van der Waals surface area contributed by atoms with E-state index in [1.54, 1.807) is 81.8 Å². The van der Waals surface area contributed by atoms with Crippen LogP contribution in [0.3, 0.4) is 0 Å². The molecule has 0 fully saturated rings. The van der Waals surface area contributed by atoms with Crippen LogP contribution in [0, 0.1) is 18.3 Å². The number of aryl methyl sites for hydroxylation is 1. The average Bonchev–Trinajstić information content (AvgIpc) is 3.31. The van der Waals surface area contributed by atoms with Gasteiger partial charge in [0.25, 0.3) is 5.91 Å². The number of ether oxygens (including phenoxy) is 3. The number of carbonyl (C=O) groups is 2. The van der Waals surface area contributed by atoms with Gasteiger partial charge in [-0.25, -0.2) is 4.79 Å². The quantitative estimate of drug-likeness (QED) is 0.304. The number of esters is 1. The fourth-order valence-corrected chi connectivity index (χ4v) is 3.80. The first-order valence-electron chi connectivity index (χ1n) is 11.5. The molecule has 0 aliphatic carbocycles. The maximum Gasteiger partial charge on any atom is 0.342 e. The highest BCUT2D eigenvalue weighted by molar-refractivity contribution is 5.98. The van der Waals surface area contributed by atoms with Gasteiger partial charge in [-0.3, -0.25) is 10.1 Å². The number of carbonyl (C=O) groups excluding carboxylic acids is 2. The fraction of sp³-hybridized carbons (Fsp3) is 0.138. The highest BCUT2D eigenvalue weighted by Gasteiger charge is 2.25. The molecule has 0 unspecified atom stereocenters. The molecule has 4 aromatic rings. The number of hydrogen-bond donors (Lipinski definition) is 2. The molecular formula is C29H24N2O7. The number of methoxy groups -OCH3 is 2. The molecule has 0 saturated heterocycles. The lowest BCUT2D eigenvalue weighted by Gasteiger charge is -2.08. The van der Waals surface area contributed by atoms with Gasteiger partial charge in [-0.2, -0.15) is 5.26 Å². The summed E-state index contributed by atoms with van der Waals surface area (Å²) in [6.07, 6.45) is 0. The number of aromatic hydroxyl groups is 1. The van der Waals surface area contributed by atoms with Crippen molar-refractivity contribution in [1.82, 2.24) is 0 Å². The molecule has 0 aliphatic rings. The fourth-order valence-electron chi connectivity index (χ4n) is 3.80. The number of phenolic OH excluding ortho intramolecular Hbond substituents is 1. The second-order valence-corrected chi connectivity index (χ2v) is 8.17. The zero-order valence-corrected chi connectivity index (χ0v) is 20.9. The molecule has 38 heavy (non-hydrogen) atoms. The van der Waals surface area contributed by atoms with E-state index in [1.807, 2.05) is 0 Å². The van der Waals surface area contributed by atoms with E-state index < -0.39 is 18.5 Å². The number of nitrogens with one attached hydrogen (secondary N) is 1. The smallest absolute Gasteiger partial charge is 0.342 e. The number of nitriles is 1. The highest BCUT2D eigenvalue weighted by atomic mass is 16.5. The zero-order chi connectivity index (χ0) is 27.2. The van der Waals surface area contributed by atoms with Crippen LogP contribution in [0.4, 0.5) is 5.88 Å². The molecule has 0 bridgehead atoms.